The topological polar surface area (TPSA) is 111 Å². The molecule has 0 aliphatic carbocycles. The summed E-state index contributed by atoms with van der Waals surface area (Å²) in [6.45, 7) is 2.44. The van der Waals surface area contributed by atoms with E-state index < -0.39 is 0 Å². The largest absolute Gasteiger partial charge is 0.356 e. The van der Waals surface area contributed by atoms with E-state index in [1.165, 1.54) is 6.33 Å². The Morgan fingerprint density at radius 3 is 2.88 bits per heavy atom. The van der Waals surface area contributed by atoms with Crippen molar-refractivity contribution in [2.45, 2.75) is 25.3 Å². The van der Waals surface area contributed by atoms with Gasteiger partial charge in [0.25, 0.3) is 5.91 Å². The summed E-state index contributed by atoms with van der Waals surface area (Å²) in [6, 6.07) is 0.0503. The third-order valence-corrected chi connectivity index (χ3v) is 5.33. The van der Waals surface area contributed by atoms with Crippen LogP contribution in [0.2, 0.25) is 0 Å². The second-order valence-electron chi connectivity index (χ2n) is 6.73. The lowest BCUT2D eigenvalue weighted by Gasteiger charge is -2.30. The number of fused-ring (bicyclic) bond motifs is 1. The Labute approximate surface area is 138 Å². The number of carbonyl (C=O) groups excluding carboxylic acids is 3. The molecule has 3 aliphatic heterocycles. The molecule has 2 N–H and O–H groups in total. The van der Waals surface area contributed by atoms with Crippen LogP contribution in [0.15, 0.2) is 6.33 Å². The maximum Gasteiger partial charge on any atom is 0.291 e. The molecule has 0 bridgehead atoms. The average molecular weight is 332 g/mol. The van der Waals surface area contributed by atoms with Gasteiger partial charge in [0, 0.05) is 44.4 Å². The van der Waals surface area contributed by atoms with Gasteiger partial charge in [-0.05, 0) is 12.8 Å². The lowest BCUT2D eigenvalue weighted by molar-refractivity contribution is -0.140. The highest BCUT2D eigenvalue weighted by Gasteiger charge is 2.46. The monoisotopic (exact) mass is 332 g/mol. The number of hydrogen-bond donors (Lipinski definition) is 2. The Bertz CT molecular complexity index is 660. The van der Waals surface area contributed by atoms with Crippen molar-refractivity contribution in [3.8, 4) is 0 Å². The van der Waals surface area contributed by atoms with E-state index in [9.17, 15) is 14.4 Å². The number of aromatic nitrogens is 3. The summed E-state index contributed by atoms with van der Waals surface area (Å²) in [5.74, 6) is 0.146. The van der Waals surface area contributed by atoms with Crippen LogP contribution in [0.3, 0.4) is 0 Å². The molecule has 1 aromatic rings. The fraction of sp³-hybridized carbons (Fsp3) is 0.667. The molecule has 24 heavy (non-hydrogen) atoms. The van der Waals surface area contributed by atoms with Gasteiger partial charge in [-0.3, -0.25) is 19.5 Å². The van der Waals surface area contributed by atoms with Crippen LogP contribution in [0.4, 0.5) is 0 Å². The molecule has 4 heterocycles. The van der Waals surface area contributed by atoms with Gasteiger partial charge in [-0.25, -0.2) is 4.98 Å². The zero-order valence-corrected chi connectivity index (χ0v) is 13.3. The van der Waals surface area contributed by atoms with E-state index in [1.807, 2.05) is 4.90 Å². The number of amides is 3. The molecule has 3 saturated heterocycles. The number of likely N-dealkylation sites (tertiary alicyclic amines) is 2. The Morgan fingerprint density at radius 1 is 1.25 bits per heavy atom. The van der Waals surface area contributed by atoms with Gasteiger partial charge in [-0.2, -0.15) is 5.10 Å². The van der Waals surface area contributed by atoms with Crippen LogP contribution < -0.4 is 5.32 Å². The van der Waals surface area contributed by atoms with Crippen LogP contribution in [0.1, 0.15) is 29.9 Å². The summed E-state index contributed by atoms with van der Waals surface area (Å²) in [5, 5.41) is 9.07. The summed E-state index contributed by atoms with van der Waals surface area (Å²) >= 11 is 0. The fourth-order valence-corrected chi connectivity index (χ4v) is 4.09. The number of hydrogen-bond acceptors (Lipinski definition) is 5. The lowest BCUT2D eigenvalue weighted by atomic mass is 9.95. The van der Waals surface area contributed by atoms with Gasteiger partial charge in [-0.1, -0.05) is 0 Å². The molecule has 9 nitrogen and oxygen atoms in total. The number of rotatable bonds is 2. The first kappa shape index (κ1) is 15.1. The van der Waals surface area contributed by atoms with Crippen molar-refractivity contribution in [2.75, 3.05) is 26.2 Å². The van der Waals surface area contributed by atoms with Gasteiger partial charge in [0.15, 0.2) is 0 Å². The summed E-state index contributed by atoms with van der Waals surface area (Å²) in [5.41, 5.74) is 0. The van der Waals surface area contributed by atoms with Crippen LogP contribution in [0.25, 0.3) is 0 Å². The minimum atomic E-state index is -0.225. The van der Waals surface area contributed by atoms with Crippen LogP contribution in [-0.4, -0.2) is 74.9 Å². The molecule has 0 aromatic carbocycles. The van der Waals surface area contributed by atoms with E-state index in [1.54, 1.807) is 4.90 Å². The lowest BCUT2D eigenvalue weighted by Crippen LogP contribution is -2.47. The van der Waals surface area contributed by atoms with E-state index in [4.69, 9.17) is 0 Å². The number of aromatic amines is 1. The Kier molecular flexibility index (Phi) is 3.70. The first-order valence-corrected chi connectivity index (χ1v) is 8.35. The molecule has 128 valence electrons. The minimum Gasteiger partial charge on any atom is -0.356 e. The molecule has 3 atom stereocenters. The van der Waals surface area contributed by atoms with Gasteiger partial charge < -0.3 is 15.1 Å². The van der Waals surface area contributed by atoms with Crippen molar-refractivity contribution in [1.82, 2.24) is 30.3 Å². The Morgan fingerprint density at radius 2 is 2.12 bits per heavy atom. The third-order valence-electron chi connectivity index (χ3n) is 5.33. The number of piperidine rings is 1. The van der Waals surface area contributed by atoms with Gasteiger partial charge in [0.1, 0.15) is 6.33 Å². The molecule has 0 saturated carbocycles. The number of nitrogens with zero attached hydrogens (tertiary/aromatic N) is 4. The fourth-order valence-electron chi connectivity index (χ4n) is 4.09. The van der Waals surface area contributed by atoms with Gasteiger partial charge in [-0.15, -0.1) is 0 Å². The van der Waals surface area contributed by atoms with Crippen molar-refractivity contribution >= 4 is 17.7 Å². The molecule has 3 amide bonds. The zero-order chi connectivity index (χ0) is 16.7. The quantitative estimate of drug-likeness (QED) is 0.722. The minimum absolute atomic E-state index is 0.0503. The third kappa shape index (κ3) is 2.53. The second kappa shape index (κ2) is 5.88. The van der Waals surface area contributed by atoms with Crippen LogP contribution >= 0.6 is 0 Å². The summed E-state index contributed by atoms with van der Waals surface area (Å²) in [4.78, 5) is 44.3. The smallest absolute Gasteiger partial charge is 0.291 e. The van der Waals surface area contributed by atoms with Crippen molar-refractivity contribution in [2.24, 2.45) is 11.8 Å². The van der Waals surface area contributed by atoms with E-state index in [-0.39, 0.29) is 41.9 Å². The molecule has 3 fully saturated rings. The van der Waals surface area contributed by atoms with Crippen molar-refractivity contribution in [3.05, 3.63) is 12.2 Å². The molecule has 0 radical (unpaired) electrons. The summed E-state index contributed by atoms with van der Waals surface area (Å²) in [7, 11) is 0. The van der Waals surface area contributed by atoms with Crippen molar-refractivity contribution < 1.29 is 14.4 Å². The Hall–Kier alpha value is -2.45. The van der Waals surface area contributed by atoms with Crippen LogP contribution in [0.5, 0.6) is 0 Å². The van der Waals surface area contributed by atoms with E-state index in [2.05, 4.69) is 20.5 Å². The van der Waals surface area contributed by atoms with Crippen molar-refractivity contribution in [1.29, 1.82) is 0 Å². The molecule has 4 rings (SSSR count). The molecular weight excluding hydrogens is 312 g/mol. The van der Waals surface area contributed by atoms with E-state index in [0.29, 0.717) is 32.0 Å². The maximum atomic E-state index is 12.8. The summed E-state index contributed by atoms with van der Waals surface area (Å²) < 4.78 is 0. The highest BCUT2D eigenvalue weighted by atomic mass is 16.2. The van der Waals surface area contributed by atoms with Crippen molar-refractivity contribution in [3.63, 3.8) is 0 Å². The molecule has 0 spiro atoms. The molecular formula is C15H20N6O3. The van der Waals surface area contributed by atoms with Crippen LogP contribution in [0, 0.1) is 11.8 Å². The van der Waals surface area contributed by atoms with E-state index >= 15 is 0 Å². The second-order valence-corrected chi connectivity index (χ2v) is 6.73. The number of H-pyrrole nitrogens is 1. The predicted octanol–water partition coefficient (Wildman–Crippen LogP) is -0.996. The first-order valence-electron chi connectivity index (χ1n) is 8.35. The highest BCUT2D eigenvalue weighted by Crippen LogP contribution is 2.33. The summed E-state index contributed by atoms with van der Waals surface area (Å²) in [6.07, 6.45) is 3.18. The van der Waals surface area contributed by atoms with E-state index in [0.717, 1.165) is 13.0 Å². The standard InChI is InChI=1S/C15H20N6O3/c22-12-5-9(1-3-16-12)14(23)21-4-2-10-6-20(7-11(10)21)15(24)13-17-8-18-19-13/h8-11H,1-7H2,(H,16,22)(H,17,18,19)/t9-,10+,11-/m1/s1. The van der Waals surface area contributed by atoms with Gasteiger partial charge >= 0.3 is 0 Å². The maximum absolute atomic E-state index is 12.8. The predicted molar refractivity (Wildman–Crippen MR) is 81.6 cm³/mol. The molecule has 0 unspecified atom stereocenters. The van der Waals surface area contributed by atoms with Gasteiger partial charge in [0.2, 0.25) is 17.6 Å². The first-order chi connectivity index (χ1) is 11.6. The SMILES string of the molecule is O=C1C[C@H](C(=O)N2CC[C@H]3CN(C(=O)c4ncn[nH]4)C[C@H]32)CCN1. The number of carbonyl (C=O) groups is 3. The number of nitrogens with one attached hydrogen (secondary N) is 2. The van der Waals surface area contributed by atoms with Crippen LogP contribution in [-0.2, 0) is 9.59 Å². The molecule has 3 aliphatic rings. The molecule has 9 heteroatoms. The Balaban J connectivity index is 1.43. The zero-order valence-electron chi connectivity index (χ0n) is 13.3. The van der Waals surface area contributed by atoms with Gasteiger partial charge in [0.05, 0.1) is 6.04 Å². The normalized spacial score (nSPS) is 29.5. The average Bonchev–Trinajstić information content (AvgIpc) is 3.30. The highest BCUT2D eigenvalue weighted by molar-refractivity contribution is 5.91. The molecule has 1 aromatic heterocycles.